The maximum Gasteiger partial charge on any atom is 0.0669 e. The first-order chi connectivity index (χ1) is 6.62. The molecule has 0 aromatic rings. The Balaban J connectivity index is 1.90. The van der Waals surface area contributed by atoms with E-state index in [1.807, 2.05) is 0 Å². The van der Waals surface area contributed by atoms with Gasteiger partial charge in [0.15, 0.2) is 0 Å². The molecule has 2 rings (SSSR count). The highest BCUT2D eigenvalue weighted by Crippen LogP contribution is 2.47. The first-order valence-corrected chi connectivity index (χ1v) is 5.97. The molecule has 14 heavy (non-hydrogen) atoms. The summed E-state index contributed by atoms with van der Waals surface area (Å²) in [4.78, 5) is 0. The largest absolute Gasteiger partial charge is 0.377 e. The molecule has 2 unspecified atom stereocenters. The number of hydrogen-bond donors (Lipinski definition) is 1. The van der Waals surface area contributed by atoms with Crippen molar-refractivity contribution in [1.29, 1.82) is 0 Å². The number of rotatable bonds is 4. The van der Waals surface area contributed by atoms with Gasteiger partial charge in [0.1, 0.15) is 0 Å². The van der Waals surface area contributed by atoms with Crippen LogP contribution in [0.2, 0.25) is 0 Å². The summed E-state index contributed by atoms with van der Waals surface area (Å²) in [6.45, 7) is 8.90. The van der Waals surface area contributed by atoms with Crippen molar-refractivity contribution in [3.05, 3.63) is 0 Å². The van der Waals surface area contributed by atoms with Crippen molar-refractivity contribution in [2.24, 2.45) is 11.3 Å². The zero-order valence-corrected chi connectivity index (χ0v) is 9.68. The van der Waals surface area contributed by atoms with Crippen molar-refractivity contribution in [3.8, 4) is 0 Å². The Hall–Kier alpha value is -0.0800. The molecule has 0 bridgehead atoms. The number of hydrogen-bond acceptors (Lipinski definition) is 2. The highest BCUT2D eigenvalue weighted by molar-refractivity contribution is 4.98. The maximum atomic E-state index is 5.88. The summed E-state index contributed by atoms with van der Waals surface area (Å²) in [6, 6.07) is 0.590. The van der Waals surface area contributed by atoms with E-state index in [2.05, 4.69) is 26.1 Å². The third-order valence-electron chi connectivity index (χ3n) is 3.62. The van der Waals surface area contributed by atoms with Crippen LogP contribution in [0.1, 0.15) is 40.0 Å². The first-order valence-electron chi connectivity index (χ1n) is 5.97. The summed E-state index contributed by atoms with van der Waals surface area (Å²) in [7, 11) is 0. The van der Waals surface area contributed by atoms with Crippen LogP contribution in [0, 0.1) is 11.3 Å². The molecule has 1 N–H and O–H groups in total. The molecule has 1 aliphatic heterocycles. The van der Waals surface area contributed by atoms with Gasteiger partial charge in [0, 0.05) is 24.6 Å². The fraction of sp³-hybridized carbons (Fsp3) is 1.00. The fourth-order valence-electron chi connectivity index (χ4n) is 2.49. The molecule has 0 aromatic carbocycles. The van der Waals surface area contributed by atoms with Gasteiger partial charge in [-0.1, -0.05) is 20.8 Å². The van der Waals surface area contributed by atoms with Crippen LogP contribution >= 0.6 is 0 Å². The van der Waals surface area contributed by atoms with E-state index in [4.69, 9.17) is 4.74 Å². The van der Waals surface area contributed by atoms with E-state index in [1.165, 1.54) is 19.3 Å². The zero-order chi connectivity index (χ0) is 10.2. The Morgan fingerprint density at radius 3 is 2.71 bits per heavy atom. The van der Waals surface area contributed by atoms with Gasteiger partial charge < -0.3 is 10.1 Å². The highest BCUT2D eigenvalue weighted by Gasteiger charge is 2.47. The molecule has 0 radical (unpaired) electrons. The second-order valence-electron chi connectivity index (χ2n) is 5.57. The maximum absolute atomic E-state index is 5.88. The topological polar surface area (TPSA) is 21.3 Å². The molecule has 2 nitrogen and oxygen atoms in total. The lowest BCUT2D eigenvalue weighted by Gasteiger charge is -2.31. The molecule has 0 amide bonds. The molecule has 82 valence electrons. The summed E-state index contributed by atoms with van der Waals surface area (Å²) in [5.41, 5.74) is 0.394. The quantitative estimate of drug-likeness (QED) is 0.746. The van der Waals surface area contributed by atoms with Gasteiger partial charge in [-0.15, -0.1) is 0 Å². The van der Waals surface area contributed by atoms with Crippen LogP contribution in [0.15, 0.2) is 0 Å². The van der Waals surface area contributed by atoms with E-state index in [0.29, 0.717) is 17.6 Å². The number of nitrogens with one attached hydrogen (secondary N) is 1. The third kappa shape index (κ3) is 2.12. The normalized spacial score (nSPS) is 38.1. The van der Waals surface area contributed by atoms with Crippen molar-refractivity contribution in [2.45, 2.75) is 52.2 Å². The lowest BCUT2D eigenvalue weighted by Crippen LogP contribution is -2.41. The molecule has 1 saturated heterocycles. The summed E-state index contributed by atoms with van der Waals surface area (Å²) in [5, 5.41) is 3.56. The molecular weight excluding hydrogens is 174 g/mol. The molecule has 2 heteroatoms. The molecule has 0 spiro atoms. The Labute approximate surface area is 87.4 Å². The fourth-order valence-corrected chi connectivity index (χ4v) is 2.49. The average molecular weight is 197 g/mol. The van der Waals surface area contributed by atoms with Crippen molar-refractivity contribution in [2.75, 3.05) is 13.2 Å². The average Bonchev–Trinajstić information content (AvgIpc) is 2.88. The van der Waals surface area contributed by atoms with Gasteiger partial charge in [-0.25, -0.2) is 0 Å². The van der Waals surface area contributed by atoms with Crippen LogP contribution in [-0.2, 0) is 4.74 Å². The third-order valence-corrected chi connectivity index (χ3v) is 3.62. The minimum atomic E-state index is 0.394. The van der Waals surface area contributed by atoms with Crippen LogP contribution in [0.25, 0.3) is 0 Å². The van der Waals surface area contributed by atoms with E-state index in [9.17, 15) is 0 Å². The Kier molecular flexibility index (Phi) is 2.85. The SMILES string of the molecule is CC(C)NCC1(C)CCOC1C1CC1. The standard InChI is InChI=1S/C12H23NO/c1-9(2)13-8-12(3)6-7-14-11(12)10-4-5-10/h9-11,13H,4-8H2,1-3H3. The van der Waals surface area contributed by atoms with Crippen LogP contribution in [0.4, 0.5) is 0 Å². The second kappa shape index (κ2) is 3.82. The van der Waals surface area contributed by atoms with Gasteiger partial charge in [0.2, 0.25) is 0 Å². The number of ether oxygens (including phenoxy) is 1. The Morgan fingerprint density at radius 1 is 1.43 bits per heavy atom. The van der Waals surface area contributed by atoms with Crippen LogP contribution in [-0.4, -0.2) is 25.3 Å². The van der Waals surface area contributed by atoms with Crippen molar-refractivity contribution in [1.82, 2.24) is 5.32 Å². The highest BCUT2D eigenvalue weighted by atomic mass is 16.5. The lowest BCUT2D eigenvalue weighted by atomic mass is 9.80. The minimum Gasteiger partial charge on any atom is -0.377 e. The van der Waals surface area contributed by atoms with Crippen molar-refractivity contribution >= 4 is 0 Å². The molecule has 2 atom stereocenters. The van der Waals surface area contributed by atoms with Gasteiger partial charge in [-0.2, -0.15) is 0 Å². The molecule has 1 saturated carbocycles. The monoisotopic (exact) mass is 197 g/mol. The first kappa shape index (κ1) is 10.4. The van der Waals surface area contributed by atoms with E-state index in [-0.39, 0.29) is 0 Å². The molecular formula is C12H23NO. The summed E-state index contributed by atoms with van der Waals surface area (Å²) < 4.78 is 5.88. The van der Waals surface area contributed by atoms with Gasteiger partial charge in [-0.05, 0) is 25.2 Å². The Bertz CT molecular complexity index is 200. The summed E-state index contributed by atoms with van der Waals surface area (Å²) in [5.74, 6) is 0.872. The second-order valence-corrected chi connectivity index (χ2v) is 5.57. The molecule has 1 aliphatic carbocycles. The predicted molar refractivity (Wildman–Crippen MR) is 58.3 cm³/mol. The van der Waals surface area contributed by atoms with Crippen LogP contribution < -0.4 is 5.32 Å². The zero-order valence-electron chi connectivity index (χ0n) is 9.68. The van der Waals surface area contributed by atoms with E-state index in [0.717, 1.165) is 19.1 Å². The molecule has 1 heterocycles. The smallest absolute Gasteiger partial charge is 0.0669 e. The van der Waals surface area contributed by atoms with Crippen molar-refractivity contribution < 1.29 is 4.74 Å². The van der Waals surface area contributed by atoms with Crippen molar-refractivity contribution in [3.63, 3.8) is 0 Å². The Morgan fingerprint density at radius 2 is 2.14 bits per heavy atom. The minimum absolute atomic E-state index is 0.394. The van der Waals surface area contributed by atoms with Gasteiger partial charge in [-0.3, -0.25) is 0 Å². The molecule has 2 aliphatic rings. The summed E-state index contributed by atoms with van der Waals surface area (Å²) >= 11 is 0. The predicted octanol–water partition coefficient (Wildman–Crippen LogP) is 2.19. The molecule has 0 aromatic heterocycles. The van der Waals surface area contributed by atoms with Crippen LogP contribution in [0.3, 0.4) is 0 Å². The van der Waals surface area contributed by atoms with Gasteiger partial charge in [0.05, 0.1) is 6.10 Å². The van der Waals surface area contributed by atoms with Gasteiger partial charge in [0.25, 0.3) is 0 Å². The van der Waals surface area contributed by atoms with Gasteiger partial charge >= 0.3 is 0 Å². The summed E-state index contributed by atoms with van der Waals surface area (Å²) in [6.07, 6.45) is 4.55. The van der Waals surface area contributed by atoms with Crippen LogP contribution in [0.5, 0.6) is 0 Å². The lowest BCUT2D eigenvalue weighted by molar-refractivity contribution is 0.0380. The van der Waals surface area contributed by atoms with E-state index < -0.39 is 0 Å². The molecule has 2 fully saturated rings. The van der Waals surface area contributed by atoms with E-state index >= 15 is 0 Å². The van der Waals surface area contributed by atoms with E-state index in [1.54, 1.807) is 0 Å².